The van der Waals surface area contributed by atoms with Crippen molar-refractivity contribution in [3.63, 3.8) is 0 Å². The Morgan fingerprint density at radius 3 is 3.12 bits per heavy atom. The summed E-state index contributed by atoms with van der Waals surface area (Å²) < 4.78 is 6.97. The minimum atomic E-state index is 0.0780. The molecule has 0 N–H and O–H groups in total. The molecule has 1 aliphatic rings. The number of ether oxygens (including phenoxy) is 1. The van der Waals surface area contributed by atoms with E-state index >= 15 is 0 Å². The topological polar surface area (TPSA) is 9.23 Å². The lowest BCUT2D eigenvalue weighted by atomic mass is 10.0. The maximum absolute atomic E-state index is 6.53. The van der Waals surface area contributed by atoms with Crippen LogP contribution < -0.4 is 0 Å². The van der Waals surface area contributed by atoms with Gasteiger partial charge >= 0.3 is 0 Å². The molecule has 0 spiro atoms. The molecule has 2 unspecified atom stereocenters. The number of rotatable bonds is 3. The zero-order chi connectivity index (χ0) is 11.7. The molecule has 1 nitrogen and oxygen atoms in total. The van der Waals surface area contributed by atoms with Crippen LogP contribution in [0.1, 0.15) is 30.2 Å². The van der Waals surface area contributed by atoms with Crippen molar-refractivity contribution in [2.24, 2.45) is 0 Å². The fourth-order valence-corrected chi connectivity index (χ4v) is 3.90. The fraction of sp³-hybridized carbons (Fsp3) is 0.429. The predicted molar refractivity (Wildman–Crippen MR) is 74.0 cm³/mol. The molecule has 2 heterocycles. The largest absolute Gasteiger partial charge is 0.378 e. The zero-order valence-electron chi connectivity index (χ0n) is 9.56. The monoisotopic (exact) mass is 266 g/mol. The number of benzene rings is 1. The summed E-state index contributed by atoms with van der Waals surface area (Å²) >= 11 is 8.31. The molecule has 1 fully saturated rings. The van der Waals surface area contributed by atoms with Crippen molar-refractivity contribution in [1.82, 2.24) is 0 Å². The highest BCUT2D eigenvalue weighted by Gasteiger charge is 2.22. The molecular weight excluding hydrogens is 252 g/mol. The number of halogens is 1. The van der Waals surface area contributed by atoms with Crippen LogP contribution in [0.3, 0.4) is 0 Å². The first-order chi connectivity index (χ1) is 8.34. The van der Waals surface area contributed by atoms with Crippen LogP contribution in [0.5, 0.6) is 0 Å². The Labute approximate surface area is 110 Å². The number of hydrogen-bond acceptors (Lipinski definition) is 2. The standard InChI is InChI=1S/C14H15ClOS/c15-13(8-10-4-3-7-16-10)12-9-17-14-6-2-1-5-11(12)14/h1-2,5-6,9-10,13H,3-4,7-8H2. The Bertz CT molecular complexity index is 502. The Hall–Kier alpha value is -0.570. The van der Waals surface area contributed by atoms with Crippen molar-refractivity contribution in [3.8, 4) is 0 Å². The second-order valence-corrected chi connectivity index (χ2v) is 5.96. The molecule has 0 amide bonds. The van der Waals surface area contributed by atoms with Crippen molar-refractivity contribution in [2.45, 2.75) is 30.7 Å². The first-order valence-corrected chi connectivity index (χ1v) is 7.38. The molecule has 1 saturated heterocycles. The lowest BCUT2D eigenvalue weighted by Crippen LogP contribution is -2.07. The van der Waals surface area contributed by atoms with Crippen molar-refractivity contribution in [3.05, 3.63) is 35.2 Å². The fourth-order valence-electron chi connectivity index (χ4n) is 2.43. The molecule has 1 aromatic heterocycles. The Morgan fingerprint density at radius 2 is 2.29 bits per heavy atom. The van der Waals surface area contributed by atoms with Gasteiger partial charge in [-0.05, 0) is 41.7 Å². The molecule has 0 bridgehead atoms. The number of fused-ring (bicyclic) bond motifs is 1. The van der Waals surface area contributed by atoms with E-state index in [4.69, 9.17) is 16.3 Å². The van der Waals surface area contributed by atoms with Gasteiger partial charge in [0.2, 0.25) is 0 Å². The molecule has 0 aliphatic carbocycles. The molecule has 3 heteroatoms. The average Bonchev–Trinajstić information content (AvgIpc) is 2.96. The van der Waals surface area contributed by atoms with Crippen molar-refractivity contribution >= 4 is 33.0 Å². The summed E-state index contributed by atoms with van der Waals surface area (Å²) in [5, 5.41) is 3.57. The molecule has 3 rings (SSSR count). The molecule has 0 radical (unpaired) electrons. The summed E-state index contributed by atoms with van der Waals surface area (Å²) in [7, 11) is 0. The second kappa shape index (κ2) is 4.97. The van der Waals surface area contributed by atoms with Crippen molar-refractivity contribution < 1.29 is 4.74 Å². The van der Waals surface area contributed by atoms with E-state index in [2.05, 4.69) is 29.6 Å². The zero-order valence-corrected chi connectivity index (χ0v) is 11.1. The van der Waals surface area contributed by atoms with Crippen LogP contribution in [0.15, 0.2) is 29.6 Å². The van der Waals surface area contributed by atoms with E-state index in [1.807, 2.05) is 0 Å². The molecule has 0 saturated carbocycles. The first-order valence-electron chi connectivity index (χ1n) is 6.06. The van der Waals surface area contributed by atoms with E-state index < -0.39 is 0 Å². The van der Waals surface area contributed by atoms with E-state index in [9.17, 15) is 0 Å². The van der Waals surface area contributed by atoms with Gasteiger partial charge in [-0.3, -0.25) is 0 Å². The lowest BCUT2D eigenvalue weighted by Gasteiger charge is -2.14. The molecule has 2 atom stereocenters. The quantitative estimate of drug-likeness (QED) is 0.729. The third-order valence-corrected chi connectivity index (χ3v) is 4.74. The predicted octanol–water partition coefficient (Wildman–Crippen LogP) is 4.75. The van der Waals surface area contributed by atoms with E-state index in [0.717, 1.165) is 19.4 Å². The second-order valence-electron chi connectivity index (χ2n) is 4.53. The van der Waals surface area contributed by atoms with Crippen LogP contribution in [0.2, 0.25) is 0 Å². The summed E-state index contributed by atoms with van der Waals surface area (Å²) in [4.78, 5) is 0. The van der Waals surface area contributed by atoms with E-state index in [1.54, 1.807) is 11.3 Å². The van der Waals surface area contributed by atoms with Crippen LogP contribution in [0.25, 0.3) is 10.1 Å². The lowest BCUT2D eigenvalue weighted by molar-refractivity contribution is 0.103. The smallest absolute Gasteiger partial charge is 0.0624 e. The molecule has 17 heavy (non-hydrogen) atoms. The number of hydrogen-bond donors (Lipinski definition) is 0. The molecule has 2 aromatic rings. The molecule has 90 valence electrons. The first kappa shape index (κ1) is 11.5. The van der Waals surface area contributed by atoms with Gasteiger partial charge in [-0.2, -0.15) is 0 Å². The van der Waals surface area contributed by atoms with Gasteiger partial charge in [0.1, 0.15) is 0 Å². The van der Waals surface area contributed by atoms with Crippen LogP contribution in [-0.4, -0.2) is 12.7 Å². The van der Waals surface area contributed by atoms with Crippen LogP contribution in [0, 0.1) is 0 Å². The van der Waals surface area contributed by atoms with Crippen LogP contribution in [0.4, 0.5) is 0 Å². The maximum Gasteiger partial charge on any atom is 0.0624 e. The Morgan fingerprint density at radius 1 is 1.41 bits per heavy atom. The highest BCUT2D eigenvalue weighted by Crippen LogP contribution is 2.37. The van der Waals surface area contributed by atoms with Gasteiger partial charge in [-0.25, -0.2) is 0 Å². The van der Waals surface area contributed by atoms with E-state index in [-0.39, 0.29) is 5.38 Å². The van der Waals surface area contributed by atoms with Crippen molar-refractivity contribution in [2.75, 3.05) is 6.61 Å². The highest BCUT2D eigenvalue weighted by molar-refractivity contribution is 7.17. The Kier molecular flexibility index (Phi) is 3.37. The van der Waals surface area contributed by atoms with Gasteiger partial charge in [0.15, 0.2) is 0 Å². The van der Waals surface area contributed by atoms with Gasteiger partial charge in [0.05, 0.1) is 11.5 Å². The Balaban J connectivity index is 1.82. The summed E-state index contributed by atoms with van der Waals surface area (Å²) in [6.07, 6.45) is 3.63. The third-order valence-electron chi connectivity index (χ3n) is 3.34. The van der Waals surface area contributed by atoms with Gasteiger partial charge in [-0.1, -0.05) is 18.2 Å². The number of thiophene rings is 1. The average molecular weight is 267 g/mol. The van der Waals surface area contributed by atoms with E-state index in [1.165, 1.54) is 22.1 Å². The van der Waals surface area contributed by atoms with Gasteiger partial charge in [-0.15, -0.1) is 22.9 Å². The summed E-state index contributed by atoms with van der Waals surface area (Å²) in [6.45, 7) is 0.901. The van der Waals surface area contributed by atoms with Gasteiger partial charge in [0, 0.05) is 11.3 Å². The van der Waals surface area contributed by atoms with Crippen molar-refractivity contribution in [1.29, 1.82) is 0 Å². The molecular formula is C14H15ClOS. The SMILES string of the molecule is ClC(CC1CCCO1)c1csc2ccccc12. The summed E-state index contributed by atoms with van der Waals surface area (Å²) in [5.74, 6) is 0. The molecule has 1 aliphatic heterocycles. The minimum Gasteiger partial charge on any atom is -0.378 e. The summed E-state index contributed by atoms with van der Waals surface area (Å²) in [5.41, 5.74) is 1.27. The highest BCUT2D eigenvalue weighted by atomic mass is 35.5. The third kappa shape index (κ3) is 2.35. The minimum absolute atomic E-state index is 0.0780. The summed E-state index contributed by atoms with van der Waals surface area (Å²) in [6, 6.07) is 8.46. The van der Waals surface area contributed by atoms with Gasteiger partial charge < -0.3 is 4.74 Å². The normalized spacial score (nSPS) is 22.1. The van der Waals surface area contributed by atoms with Crippen LogP contribution >= 0.6 is 22.9 Å². The van der Waals surface area contributed by atoms with Crippen LogP contribution in [-0.2, 0) is 4.74 Å². The van der Waals surface area contributed by atoms with E-state index in [0.29, 0.717) is 6.10 Å². The molecule has 1 aromatic carbocycles. The maximum atomic E-state index is 6.53. The van der Waals surface area contributed by atoms with Gasteiger partial charge in [0.25, 0.3) is 0 Å². The number of alkyl halides is 1.